The van der Waals surface area contributed by atoms with Crippen molar-refractivity contribution in [2.45, 2.75) is 13.5 Å². The van der Waals surface area contributed by atoms with E-state index in [1.165, 1.54) is 0 Å². The van der Waals surface area contributed by atoms with E-state index in [0.29, 0.717) is 0 Å². The second-order valence-electron chi connectivity index (χ2n) is 2.20. The van der Waals surface area contributed by atoms with E-state index < -0.39 is 12.6 Å². The highest BCUT2D eigenvalue weighted by Crippen LogP contribution is 2.13. The molecule has 0 aliphatic heterocycles. The Kier molecular flexibility index (Phi) is 2.86. The monoisotopic (exact) mass is 186 g/mol. The molecule has 0 atom stereocenters. The summed E-state index contributed by atoms with van der Waals surface area (Å²) in [5, 5.41) is 8.75. The number of nitrogen functional groups attached to an aromatic ring is 1. The van der Waals surface area contributed by atoms with Crippen molar-refractivity contribution in [3.63, 3.8) is 0 Å². The minimum Gasteiger partial charge on any atom is -0.461 e. The van der Waals surface area contributed by atoms with Gasteiger partial charge in [0.05, 0.1) is 6.61 Å². The third kappa shape index (κ3) is 1.97. The number of anilines is 1. The maximum Gasteiger partial charge on any atom is 0.360 e. The van der Waals surface area contributed by atoms with Gasteiger partial charge in [-0.15, -0.1) is 0 Å². The fourth-order valence-corrected chi connectivity index (χ4v) is 0.836. The van der Waals surface area contributed by atoms with Gasteiger partial charge in [-0.1, -0.05) is 0 Å². The summed E-state index contributed by atoms with van der Waals surface area (Å²) in [5.41, 5.74) is 5.12. The molecule has 1 rings (SSSR count). The third-order valence-electron chi connectivity index (χ3n) is 1.33. The molecular weight excluding hydrogens is 176 g/mol. The molecule has 0 fully saturated rings. The molecule has 13 heavy (non-hydrogen) atoms. The molecule has 1 aromatic heterocycles. The van der Waals surface area contributed by atoms with Crippen LogP contribution in [-0.4, -0.2) is 22.7 Å². The number of nitrogens with two attached hydrogens (primary N) is 1. The molecule has 0 aromatic carbocycles. The maximum absolute atomic E-state index is 11.1. The molecule has 6 heteroatoms. The summed E-state index contributed by atoms with van der Waals surface area (Å²) in [6, 6.07) is -0.160. The number of oxazole rings is 1. The number of ether oxygens (including phenoxy) is 1. The van der Waals surface area contributed by atoms with Crippen LogP contribution in [0, 0.1) is 0 Å². The second kappa shape index (κ2) is 3.90. The lowest BCUT2D eigenvalue weighted by molar-refractivity contribution is 0.0514. The van der Waals surface area contributed by atoms with E-state index in [4.69, 9.17) is 15.3 Å². The van der Waals surface area contributed by atoms with Crippen molar-refractivity contribution in [1.29, 1.82) is 0 Å². The third-order valence-corrected chi connectivity index (χ3v) is 1.33. The molecular formula is C7H10N2O4. The average molecular weight is 186 g/mol. The number of aromatic nitrogens is 1. The molecule has 0 saturated heterocycles. The zero-order chi connectivity index (χ0) is 9.84. The van der Waals surface area contributed by atoms with Crippen LogP contribution < -0.4 is 5.73 Å². The molecule has 0 spiro atoms. The summed E-state index contributed by atoms with van der Waals surface area (Å²) in [7, 11) is 0. The molecule has 0 unspecified atom stereocenters. The molecule has 1 aromatic rings. The summed E-state index contributed by atoms with van der Waals surface area (Å²) in [5.74, 6) is -0.622. The Morgan fingerprint density at radius 3 is 3.00 bits per heavy atom. The summed E-state index contributed by atoms with van der Waals surface area (Å²) in [6.07, 6.45) is 0. The minimum absolute atomic E-state index is 0.0240. The highest BCUT2D eigenvalue weighted by Gasteiger charge is 2.19. The first-order valence-corrected chi connectivity index (χ1v) is 3.72. The normalized spacial score (nSPS) is 10.0. The van der Waals surface area contributed by atoms with Gasteiger partial charge in [-0.25, -0.2) is 4.79 Å². The molecule has 0 radical (unpaired) electrons. The summed E-state index contributed by atoms with van der Waals surface area (Å²) in [4.78, 5) is 14.7. The molecule has 0 saturated carbocycles. The van der Waals surface area contributed by atoms with Crippen LogP contribution in [0.5, 0.6) is 0 Å². The molecule has 0 bridgehead atoms. The van der Waals surface area contributed by atoms with Crippen molar-refractivity contribution < 1.29 is 19.1 Å². The molecule has 72 valence electrons. The van der Waals surface area contributed by atoms with Gasteiger partial charge in [0.2, 0.25) is 0 Å². The number of esters is 1. The zero-order valence-electron chi connectivity index (χ0n) is 7.11. The Balaban J connectivity index is 2.91. The van der Waals surface area contributed by atoms with Gasteiger partial charge in [-0.3, -0.25) is 0 Å². The smallest absolute Gasteiger partial charge is 0.360 e. The van der Waals surface area contributed by atoms with E-state index in [2.05, 4.69) is 9.72 Å². The Morgan fingerprint density at radius 2 is 2.46 bits per heavy atom. The predicted molar refractivity (Wildman–Crippen MR) is 42.8 cm³/mol. The van der Waals surface area contributed by atoms with Crippen LogP contribution in [0.25, 0.3) is 0 Å². The van der Waals surface area contributed by atoms with Crippen molar-refractivity contribution in [3.05, 3.63) is 11.5 Å². The molecule has 1 heterocycles. The average Bonchev–Trinajstić information content (AvgIpc) is 2.47. The highest BCUT2D eigenvalue weighted by molar-refractivity contribution is 5.88. The minimum atomic E-state index is -0.646. The Labute approximate surface area is 74.3 Å². The number of carbonyl (C=O) groups excluding carboxylic acids is 1. The summed E-state index contributed by atoms with van der Waals surface area (Å²) >= 11 is 0. The quantitative estimate of drug-likeness (QED) is 0.641. The molecule has 0 amide bonds. The van der Waals surface area contributed by atoms with Crippen molar-refractivity contribution in [3.8, 4) is 0 Å². The van der Waals surface area contributed by atoms with Gasteiger partial charge in [0.15, 0.2) is 11.5 Å². The fourth-order valence-electron chi connectivity index (χ4n) is 0.836. The standard InChI is InChI=1S/C7H10N2O4/c1-2-12-6(11)5-4(3-10)13-7(8)9-5/h10H,2-3H2,1H3,(H2,8,9). The van der Waals surface area contributed by atoms with Crippen LogP contribution >= 0.6 is 0 Å². The van der Waals surface area contributed by atoms with Gasteiger partial charge in [0.1, 0.15) is 6.61 Å². The molecule has 0 aliphatic rings. The number of hydrogen-bond donors (Lipinski definition) is 2. The van der Waals surface area contributed by atoms with Gasteiger partial charge >= 0.3 is 5.97 Å². The predicted octanol–water partition coefficient (Wildman–Crippen LogP) is -0.0742. The van der Waals surface area contributed by atoms with Gasteiger partial charge in [-0.05, 0) is 6.92 Å². The van der Waals surface area contributed by atoms with E-state index in [1.807, 2.05) is 0 Å². The van der Waals surface area contributed by atoms with E-state index >= 15 is 0 Å². The van der Waals surface area contributed by atoms with Crippen LogP contribution in [0.15, 0.2) is 4.42 Å². The van der Waals surface area contributed by atoms with Gasteiger partial charge in [0.25, 0.3) is 6.01 Å². The first-order valence-electron chi connectivity index (χ1n) is 3.72. The molecule has 6 nitrogen and oxygen atoms in total. The first-order chi connectivity index (χ1) is 6.19. The molecule has 3 N–H and O–H groups in total. The summed E-state index contributed by atoms with van der Waals surface area (Å²) in [6.45, 7) is 1.47. The number of aliphatic hydroxyl groups excluding tert-OH is 1. The lowest BCUT2D eigenvalue weighted by Crippen LogP contribution is -2.07. The van der Waals surface area contributed by atoms with E-state index in [1.54, 1.807) is 6.92 Å². The lowest BCUT2D eigenvalue weighted by Gasteiger charge is -1.97. The van der Waals surface area contributed by atoms with Crippen molar-refractivity contribution in [2.24, 2.45) is 0 Å². The van der Waals surface area contributed by atoms with E-state index in [9.17, 15) is 4.79 Å². The molecule has 0 aliphatic carbocycles. The second-order valence-corrected chi connectivity index (χ2v) is 2.20. The topological polar surface area (TPSA) is 98.6 Å². The van der Waals surface area contributed by atoms with Crippen LogP contribution in [-0.2, 0) is 11.3 Å². The number of carbonyl (C=O) groups is 1. The first kappa shape index (κ1) is 9.53. The highest BCUT2D eigenvalue weighted by atomic mass is 16.5. The Hall–Kier alpha value is -1.56. The Morgan fingerprint density at radius 1 is 1.77 bits per heavy atom. The van der Waals surface area contributed by atoms with Crippen molar-refractivity contribution in [2.75, 3.05) is 12.3 Å². The fraction of sp³-hybridized carbons (Fsp3) is 0.429. The van der Waals surface area contributed by atoms with Gasteiger partial charge in [0, 0.05) is 0 Å². The van der Waals surface area contributed by atoms with Crippen LogP contribution in [0.4, 0.5) is 6.01 Å². The SMILES string of the molecule is CCOC(=O)c1nc(N)oc1CO. The van der Waals surface area contributed by atoms with Crippen molar-refractivity contribution >= 4 is 12.0 Å². The number of nitrogens with zero attached hydrogens (tertiary/aromatic N) is 1. The Bertz CT molecular complexity index is 307. The van der Waals surface area contributed by atoms with Crippen LogP contribution in [0.2, 0.25) is 0 Å². The zero-order valence-corrected chi connectivity index (χ0v) is 7.11. The van der Waals surface area contributed by atoms with E-state index in [-0.39, 0.29) is 24.1 Å². The number of hydrogen-bond acceptors (Lipinski definition) is 6. The number of rotatable bonds is 3. The van der Waals surface area contributed by atoms with E-state index in [0.717, 1.165) is 0 Å². The largest absolute Gasteiger partial charge is 0.461 e. The van der Waals surface area contributed by atoms with Crippen LogP contribution in [0.1, 0.15) is 23.2 Å². The lowest BCUT2D eigenvalue weighted by atomic mass is 10.3. The van der Waals surface area contributed by atoms with Gasteiger partial charge in [-0.2, -0.15) is 4.98 Å². The number of aliphatic hydroxyl groups is 1. The van der Waals surface area contributed by atoms with Crippen LogP contribution in [0.3, 0.4) is 0 Å². The maximum atomic E-state index is 11.1. The van der Waals surface area contributed by atoms with Gasteiger partial charge < -0.3 is 20.0 Å². The van der Waals surface area contributed by atoms with Crippen molar-refractivity contribution in [1.82, 2.24) is 4.98 Å². The summed E-state index contributed by atoms with van der Waals surface area (Å²) < 4.78 is 9.40.